The molecular weight excluding hydrogens is 290 g/mol. The van der Waals surface area contributed by atoms with Crippen molar-refractivity contribution in [2.75, 3.05) is 31.9 Å². The highest BCUT2D eigenvalue weighted by Crippen LogP contribution is 2.11. The van der Waals surface area contributed by atoms with E-state index < -0.39 is 10.0 Å². The van der Waals surface area contributed by atoms with Crippen LogP contribution in [0.4, 0.5) is 4.79 Å². The highest BCUT2D eigenvalue weighted by atomic mass is 32.2. The maximum atomic E-state index is 12.2. The largest absolute Gasteiger partial charge is 0.333 e. The summed E-state index contributed by atoms with van der Waals surface area (Å²) in [5.74, 6) is 0.206. The second-order valence-corrected chi connectivity index (χ2v) is 8.68. The fraction of sp³-hybridized carbons (Fsp3) is 0.929. The third-order valence-corrected chi connectivity index (χ3v) is 5.33. The quantitative estimate of drug-likeness (QED) is 0.856. The molecule has 21 heavy (non-hydrogen) atoms. The molecular formula is C14H29N3O3S. The van der Waals surface area contributed by atoms with Crippen molar-refractivity contribution < 1.29 is 13.2 Å². The summed E-state index contributed by atoms with van der Waals surface area (Å²) >= 11 is 0. The van der Waals surface area contributed by atoms with Gasteiger partial charge in [-0.2, -0.15) is 0 Å². The second-order valence-electron chi connectivity index (χ2n) is 6.59. The van der Waals surface area contributed by atoms with Crippen LogP contribution >= 0.6 is 0 Å². The molecule has 1 aliphatic rings. The molecule has 2 amide bonds. The van der Waals surface area contributed by atoms with E-state index in [1.54, 1.807) is 4.90 Å². The summed E-state index contributed by atoms with van der Waals surface area (Å²) in [6, 6.07) is -0.115. The molecule has 1 fully saturated rings. The molecule has 0 spiro atoms. The van der Waals surface area contributed by atoms with Crippen molar-refractivity contribution in [3.8, 4) is 0 Å². The number of nitrogens with zero attached hydrogens (tertiary/aromatic N) is 2. The van der Waals surface area contributed by atoms with Crippen molar-refractivity contribution in [3.63, 3.8) is 0 Å². The Morgan fingerprint density at radius 3 is 2.38 bits per heavy atom. The first kappa shape index (κ1) is 18.2. The number of sulfonamides is 1. The molecule has 0 bridgehead atoms. The number of urea groups is 1. The second kappa shape index (κ2) is 7.45. The molecule has 6 nitrogen and oxygen atoms in total. The Morgan fingerprint density at radius 1 is 1.14 bits per heavy atom. The van der Waals surface area contributed by atoms with E-state index >= 15 is 0 Å². The van der Waals surface area contributed by atoms with Crippen LogP contribution in [0.2, 0.25) is 0 Å². The van der Waals surface area contributed by atoms with Crippen LogP contribution in [0.3, 0.4) is 0 Å². The van der Waals surface area contributed by atoms with Gasteiger partial charge in [0.2, 0.25) is 10.0 Å². The Bertz CT molecular complexity index is 443. The molecule has 0 aromatic rings. The molecule has 124 valence electrons. The first-order valence-electron chi connectivity index (χ1n) is 7.70. The molecule has 0 aliphatic carbocycles. The summed E-state index contributed by atoms with van der Waals surface area (Å²) in [4.78, 5) is 13.9. The van der Waals surface area contributed by atoms with Gasteiger partial charge >= 0.3 is 6.03 Å². The van der Waals surface area contributed by atoms with E-state index in [9.17, 15) is 13.2 Å². The Balaban J connectivity index is 2.60. The number of unbranched alkanes of at least 4 members (excludes halogenated alkanes) is 1. The van der Waals surface area contributed by atoms with Crippen LogP contribution in [0.5, 0.6) is 0 Å². The predicted molar refractivity (Wildman–Crippen MR) is 84.7 cm³/mol. The SMILES string of the molecule is CCCCS(=O)(=O)N1CCCN(C(=O)NC(C)(C)C)CC1. The van der Waals surface area contributed by atoms with E-state index in [4.69, 9.17) is 0 Å². The Labute approximate surface area is 128 Å². The van der Waals surface area contributed by atoms with Gasteiger partial charge < -0.3 is 10.2 Å². The minimum atomic E-state index is -3.18. The summed E-state index contributed by atoms with van der Waals surface area (Å²) in [5, 5.41) is 2.92. The van der Waals surface area contributed by atoms with Crippen molar-refractivity contribution in [2.24, 2.45) is 0 Å². The zero-order valence-corrected chi connectivity index (χ0v) is 14.5. The van der Waals surface area contributed by atoms with Crippen molar-refractivity contribution in [2.45, 2.75) is 52.5 Å². The zero-order valence-electron chi connectivity index (χ0n) is 13.7. The molecule has 1 rings (SSSR count). The van der Waals surface area contributed by atoms with Gasteiger partial charge in [0, 0.05) is 31.7 Å². The van der Waals surface area contributed by atoms with E-state index in [-0.39, 0.29) is 17.3 Å². The van der Waals surface area contributed by atoms with E-state index in [2.05, 4.69) is 5.32 Å². The molecule has 7 heteroatoms. The number of hydrogen-bond acceptors (Lipinski definition) is 3. The van der Waals surface area contributed by atoms with Gasteiger partial charge in [-0.05, 0) is 33.6 Å². The highest BCUT2D eigenvalue weighted by molar-refractivity contribution is 7.89. The number of nitrogens with one attached hydrogen (secondary N) is 1. The minimum Gasteiger partial charge on any atom is -0.333 e. The average Bonchev–Trinajstić information content (AvgIpc) is 2.60. The van der Waals surface area contributed by atoms with Crippen molar-refractivity contribution in [1.82, 2.24) is 14.5 Å². The van der Waals surface area contributed by atoms with Gasteiger partial charge in [-0.25, -0.2) is 17.5 Å². The molecule has 1 aliphatic heterocycles. The lowest BCUT2D eigenvalue weighted by molar-refractivity contribution is 0.191. The molecule has 1 N–H and O–H groups in total. The molecule has 0 saturated carbocycles. The van der Waals surface area contributed by atoms with E-state index in [1.165, 1.54) is 4.31 Å². The maximum absolute atomic E-state index is 12.2. The maximum Gasteiger partial charge on any atom is 0.317 e. The van der Waals surface area contributed by atoms with E-state index in [1.807, 2.05) is 27.7 Å². The van der Waals surface area contributed by atoms with Crippen LogP contribution in [0, 0.1) is 0 Å². The van der Waals surface area contributed by atoms with Crippen molar-refractivity contribution in [3.05, 3.63) is 0 Å². The molecule has 1 heterocycles. The van der Waals surface area contributed by atoms with Gasteiger partial charge in [-0.15, -0.1) is 0 Å². The average molecular weight is 319 g/mol. The first-order chi connectivity index (χ1) is 9.65. The smallest absolute Gasteiger partial charge is 0.317 e. The third kappa shape index (κ3) is 6.22. The number of rotatable bonds is 4. The molecule has 0 aromatic heterocycles. The summed E-state index contributed by atoms with van der Waals surface area (Å²) < 4.78 is 26.0. The predicted octanol–water partition coefficient (Wildman–Crippen LogP) is 1.63. The topological polar surface area (TPSA) is 69.7 Å². The van der Waals surface area contributed by atoms with Crippen LogP contribution in [-0.2, 0) is 10.0 Å². The number of carbonyl (C=O) groups excluding carboxylic acids is 1. The fourth-order valence-electron chi connectivity index (χ4n) is 2.23. The lowest BCUT2D eigenvalue weighted by Crippen LogP contribution is -2.49. The van der Waals surface area contributed by atoms with E-state index in [0.29, 0.717) is 39.0 Å². The normalized spacial score (nSPS) is 18.4. The third-order valence-electron chi connectivity index (χ3n) is 3.37. The Hall–Kier alpha value is -0.820. The molecule has 0 aromatic carbocycles. The van der Waals surface area contributed by atoms with Gasteiger partial charge in [-0.3, -0.25) is 0 Å². The molecule has 1 saturated heterocycles. The zero-order chi connectivity index (χ0) is 16.1. The van der Waals surface area contributed by atoms with Crippen LogP contribution in [0.15, 0.2) is 0 Å². The van der Waals surface area contributed by atoms with Gasteiger partial charge in [0.25, 0.3) is 0 Å². The molecule has 0 atom stereocenters. The van der Waals surface area contributed by atoms with Gasteiger partial charge in [0.15, 0.2) is 0 Å². The first-order valence-corrected chi connectivity index (χ1v) is 9.31. The lowest BCUT2D eigenvalue weighted by Gasteiger charge is -2.27. The van der Waals surface area contributed by atoms with E-state index in [0.717, 1.165) is 6.42 Å². The molecule has 0 unspecified atom stereocenters. The summed E-state index contributed by atoms with van der Waals surface area (Å²) in [6.45, 7) is 9.74. The Kier molecular flexibility index (Phi) is 6.46. The summed E-state index contributed by atoms with van der Waals surface area (Å²) in [6.07, 6.45) is 2.24. The molecule has 0 radical (unpaired) electrons. The summed E-state index contributed by atoms with van der Waals surface area (Å²) in [5.41, 5.74) is -0.281. The van der Waals surface area contributed by atoms with Gasteiger partial charge in [-0.1, -0.05) is 13.3 Å². The highest BCUT2D eigenvalue weighted by Gasteiger charge is 2.27. The van der Waals surface area contributed by atoms with Gasteiger partial charge in [0.05, 0.1) is 5.75 Å². The van der Waals surface area contributed by atoms with Gasteiger partial charge in [0.1, 0.15) is 0 Å². The van der Waals surface area contributed by atoms with Crippen LogP contribution in [0.1, 0.15) is 47.0 Å². The minimum absolute atomic E-state index is 0.115. The van der Waals surface area contributed by atoms with Crippen molar-refractivity contribution >= 4 is 16.1 Å². The number of carbonyl (C=O) groups is 1. The number of amides is 2. The summed E-state index contributed by atoms with van der Waals surface area (Å²) in [7, 11) is -3.18. The fourth-order valence-corrected chi connectivity index (χ4v) is 3.91. The lowest BCUT2D eigenvalue weighted by atomic mass is 10.1. The van der Waals surface area contributed by atoms with Crippen LogP contribution < -0.4 is 5.32 Å². The number of hydrogen-bond donors (Lipinski definition) is 1. The van der Waals surface area contributed by atoms with Crippen LogP contribution in [0.25, 0.3) is 0 Å². The van der Waals surface area contributed by atoms with Crippen molar-refractivity contribution in [1.29, 1.82) is 0 Å². The van der Waals surface area contributed by atoms with Crippen LogP contribution in [-0.4, -0.2) is 61.1 Å². The standard InChI is InChI=1S/C14H29N3O3S/c1-5-6-12-21(19,20)17-9-7-8-16(10-11-17)13(18)15-14(2,3)4/h5-12H2,1-4H3,(H,15,18). The monoisotopic (exact) mass is 319 g/mol. The Morgan fingerprint density at radius 2 is 1.81 bits per heavy atom.